The molecule has 0 aromatic rings. The van der Waals surface area contributed by atoms with Gasteiger partial charge in [-0.15, -0.1) is 6.58 Å². The molecule has 7 rings (SSSR count). The highest BCUT2D eigenvalue weighted by Crippen LogP contribution is 2.76. The van der Waals surface area contributed by atoms with E-state index in [1.54, 1.807) is 0 Å². The Balaban J connectivity index is 0.000000130. The molecule has 6 nitrogen and oxygen atoms in total. The van der Waals surface area contributed by atoms with E-state index in [1.165, 1.54) is 12.8 Å². The third kappa shape index (κ3) is 2.64. The molecule has 7 fully saturated rings. The molecule has 0 spiro atoms. The van der Waals surface area contributed by atoms with Crippen molar-refractivity contribution < 1.29 is 28.8 Å². The summed E-state index contributed by atoms with van der Waals surface area (Å²) in [5.74, 6) is 0.133. The van der Waals surface area contributed by atoms with Crippen LogP contribution < -0.4 is 0 Å². The van der Waals surface area contributed by atoms with Crippen LogP contribution in [0.3, 0.4) is 0 Å². The number of carboxylic acids is 1. The standard InChI is InChI=1S/C14H20O4.C8H10O2/c15-13(16)14(4-3-10-12(7-14)18-10)6-8-1-2-9-11(5-8)17-9;1-2-6-4-3-5-7-8(6,9-7)10-7/h8-12H,1-7H2,(H,15,16);2,6H,1,3-5H2. The Bertz CT molecular complexity index is 699. The van der Waals surface area contributed by atoms with E-state index in [2.05, 4.69) is 6.58 Å². The fourth-order valence-corrected chi connectivity index (χ4v) is 6.38. The minimum Gasteiger partial charge on any atom is -0.481 e. The Hall–Kier alpha value is -0.950. The molecule has 0 aromatic carbocycles. The van der Waals surface area contributed by atoms with Crippen molar-refractivity contribution in [2.75, 3.05) is 0 Å². The first-order valence-corrected chi connectivity index (χ1v) is 11.1. The molecule has 28 heavy (non-hydrogen) atoms. The number of carboxylic acid groups (broad SMARTS) is 1. The third-order valence-electron chi connectivity index (χ3n) is 8.31. The number of aliphatic carboxylic acids is 1. The van der Waals surface area contributed by atoms with E-state index < -0.39 is 11.4 Å². The van der Waals surface area contributed by atoms with E-state index in [0.29, 0.717) is 30.1 Å². The highest BCUT2D eigenvalue weighted by molar-refractivity contribution is 5.75. The molecule has 0 radical (unpaired) electrons. The van der Waals surface area contributed by atoms with Gasteiger partial charge in [0, 0.05) is 12.3 Å². The molecule has 6 heteroatoms. The molecule has 3 saturated carbocycles. The number of hydrogen-bond acceptors (Lipinski definition) is 5. The predicted molar refractivity (Wildman–Crippen MR) is 98.4 cm³/mol. The van der Waals surface area contributed by atoms with Crippen LogP contribution in [-0.4, -0.2) is 47.1 Å². The number of epoxide rings is 4. The highest BCUT2D eigenvalue weighted by atomic mass is 17.0. The van der Waals surface area contributed by atoms with E-state index in [9.17, 15) is 9.90 Å². The second kappa shape index (κ2) is 5.81. The summed E-state index contributed by atoms with van der Waals surface area (Å²) in [6.07, 6.45) is 13.7. The van der Waals surface area contributed by atoms with Gasteiger partial charge in [-0.2, -0.15) is 0 Å². The zero-order valence-electron chi connectivity index (χ0n) is 16.3. The van der Waals surface area contributed by atoms with Crippen molar-refractivity contribution in [3.8, 4) is 0 Å². The normalized spacial score (nSPS) is 56.4. The van der Waals surface area contributed by atoms with E-state index in [-0.39, 0.29) is 17.7 Å². The molecule has 4 aliphatic heterocycles. The Kier molecular flexibility index (Phi) is 3.71. The maximum atomic E-state index is 11.7. The van der Waals surface area contributed by atoms with Crippen LogP contribution in [0.5, 0.6) is 0 Å². The molecular formula is C22H30O6. The molecule has 0 aromatic heterocycles. The van der Waals surface area contributed by atoms with Gasteiger partial charge in [0.25, 0.3) is 0 Å². The van der Waals surface area contributed by atoms with Crippen molar-refractivity contribution in [1.82, 2.24) is 0 Å². The summed E-state index contributed by atoms with van der Waals surface area (Å²) in [4.78, 5) is 11.7. The number of rotatable bonds is 4. The van der Waals surface area contributed by atoms with Crippen molar-refractivity contribution in [2.45, 2.75) is 100 Å². The van der Waals surface area contributed by atoms with Crippen LogP contribution in [-0.2, 0) is 23.7 Å². The van der Waals surface area contributed by atoms with E-state index >= 15 is 0 Å². The van der Waals surface area contributed by atoms with Gasteiger partial charge < -0.3 is 24.1 Å². The lowest BCUT2D eigenvalue weighted by atomic mass is 9.67. The first kappa shape index (κ1) is 17.9. The number of hydrogen-bond donors (Lipinski definition) is 1. The molecule has 7 aliphatic rings. The van der Waals surface area contributed by atoms with Crippen LogP contribution >= 0.6 is 0 Å². The van der Waals surface area contributed by atoms with Gasteiger partial charge in [0.05, 0.1) is 29.8 Å². The Labute approximate surface area is 165 Å². The molecule has 3 aliphatic carbocycles. The number of carbonyl (C=O) groups is 1. The third-order valence-corrected chi connectivity index (χ3v) is 8.31. The number of fused-ring (bicyclic) bond motifs is 2. The van der Waals surface area contributed by atoms with Gasteiger partial charge in [0.15, 0.2) is 0 Å². The fourth-order valence-electron chi connectivity index (χ4n) is 6.38. The summed E-state index contributed by atoms with van der Waals surface area (Å²) in [6, 6.07) is 0. The molecule has 1 N–H and O–H groups in total. The van der Waals surface area contributed by atoms with Crippen molar-refractivity contribution in [3.05, 3.63) is 12.7 Å². The summed E-state index contributed by atoms with van der Waals surface area (Å²) in [7, 11) is 0. The van der Waals surface area contributed by atoms with E-state index in [1.807, 2.05) is 6.08 Å². The van der Waals surface area contributed by atoms with Gasteiger partial charge in [-0.3, -0.25) is 4.79 Å². The fraction of sp³-hybridized carbons (Fsp3) is 0.864. The van der Waals surface area contributed by atoms with Gasteiger partial charge in [-0.05, 0) is 63.7 Å². The van der Waals surface area contributed by atoms with Gasteiger partial charge in [-0.25, -0.2) is 0 Å². The number of ether oxygens (including phenoxy) is 4. The van der Waals surface area contributed by atoms with Crippen LogP contribution in [0.1, 0.15) is 64.2 Å². The highest BCUT2D eigenvalue weighted by Gasteiger charge is 2.93. The van der Waals surface area contributed by atoms with Crippen LogP contribution in [0.15, 0.2) is 12.7 Å². The van der Waals surface area contributed by atoms with Gasteiger partial charge in [0.2, 0.25) is 11.6 Å². The maximum Gasteiger partial charge on any atom is 0.309 e. The molecule has 0 amide bonds. The first-order chi connectivity index (χ1) is 13.5. The molecule has 7 atom stereocenters. The van der Waals surface area contributed by atoms with Crippen molar-refractivity contribution in [2.24, 2.45) is 17.3 Å². The van der Waals surface area contributed by atoms with Crippen molar-refractivity contribution in [1.29, 1.82) is 0 Å². The average Bonchev–Trinajstić information content (AvgIpc) is 3.52. The molecular weight excluding hydrogens is 360 g/mol. The molecule has 4 saturated heterocycles. The summed E-state index contributed by atoms with van der Waals surface area (Å²) >= 11 is 0. The monoisotopic (exact) mass is 390 g/mol. The lowest BCUT2D eigenvalue weighted by Crippen LogP contribution is -2.38. The second-order valence-electron chi connectivity index (χ2n) is 10.00. The molecule has 4 heterocycles. The van der Waals surface area contributed by atoms with Crippen LogP contribution in [0.4, 0.5) is 0 Å². The average molecular weight is 390 g/mol. The minimum absolute atomic E-state index is 0.107. The van der Waals surface area contributed by atoms with Crippen LogP contribution in [0.2, 0.25) is 0 Å². The van der Waals surface area contributed by atoms with Crippen LogP contribution in [0.25, 0.3) is 0 Å². The van der Waals surface area contributed by atoms with E-state index in [4.69, 9.17) is 18.9 Å². The van der Waals surface area contributed by atoms with E-state index in [0.717, 1.165) is 51.4 Å². The minimum atomic E-state index is -0.602. The smallest absolute Gasteiger partial charge is 0.309 e. The first-order valence-electron chi connectivity index (χ1n) is 11.1. The largest absolute Gasteiger partial charge is 0.481 e. The Morgan fingerprint density at radius 3 is 2.50 bits per heavy atom. The SMILES string of the molecule is C=CC1CCCC23OC12O3.O=C(O)C1(CC2CCC3OC3C2)CCC2OC2C1. The molecule has 7 unspecified atom stereocenters. The van der Waals surface area contributed by atoms with Gasteiger partial charge >= 0.3 is 5.97 Å². The predicted octanol–water partition coefficient (Wildman–Crippen LogP) is 3.39. The summed E-state index contributed by atoms with van der Waals surface area (Å²) < 4.78 is 22.0. The molecule has 154 valence electrons. The van der Waals surface area contributed by atoms with Crippen molar-refractivity contribution >= 4 is 5.97 Å². The van der Waals surface area contributed by atoms with Crippen LogP contribution in [0, 0.1) is 17.3 Å². The molecule has 0 bridgehead atoms. The Morgan fingerprint density at radius 1 is 1.04 bits per heavy atom. The zero-order chi connectivity index (χ0) is 19.1. The Morgan fingerprint density at radius 2 is 1.82 bits per heavy atom. The topological polar surface area (TPSA) is 87.4 Å². The summed E-state index contributed by atoms with van der Waals surface area (Å²) in [5, 5.41) is 9.65. The van der Waals surface area contributed by atoms with Gasteiger partial charge in [0.1, 0.15) is 0 Å². The summed E-state index contributed by atoms with van der Waals surface area (Å²) in [6.45, 7) is 3.77. The lowest BCUT2D eigenvalue weighted by Gasteiger charge is -2.35. The zero-order valence-corrected chi connectivity index (χ0v) is 16.3. The second-order valence-corrected chi connectivity index (χ2v) is 10.00. The summed E-state index contributed by atoms with van der Waals surface area (Å²) in [5.41, 5.74) is -0.510. The quantitative estimate of drug-likeness (QED) is 0.585. The van der Waals surface area contributed by atoms with Gasteiger partial charge in [-0.1, -0.05) is 6.08 Å². The lowest BCUT2D eigenvalue weighted by molar-refractivity contribution is -0.152. The van der Waals surface area contributed by atoms with Crippen molar-refractivity contribution in [3.63, 3.8) is 0 Å². The maximum absolute atomic E-state index is 11.7.